The molecule has 0 bridgehead atoms. The molecule has 0 aliphatic carbocycles. The number of carbonyl (C=O) groups is 1. The largest absolute Gasteiger partial charge is 0.463 e. The van der Waals surface area contributed by atoms with Crippen molar-refractivity contribution in [2.24, 2.45) is 0 Å². The minimum Gasteiger partial charge on any atom is -0.463 e. The number of likely N-dealkylation sites (tertiary alicyclic amines) is 1. The van der Waals surface area contributed by atoms with E-state index in [2.05, 4.69) is 12.2 Å². The highest BCUT2D eigenvalue weighted by Gasteiger charge is 2.19. The van der Waals surface area contributed by atoms with Gasteiger partial charge in [0.05, 0.1) is 6.26 Å². The van der Waals surface area contributed by atoms with Gasteiger partial charge in [0, 0.05) is 43.4 Å². The second-order valence-electron chi connectivity index (χ2n) is 6.92. The molecule has 1 N–H and O–H groups in total. The van der Waals surface area contributed by atoms with Crippen molar-refractivity contribution < 1.29 is 9.21 Å². The SMILES string of the molecule is CCc1c(C)nc2cc(-c3ccco3)nn2c1NCCCN1CCCC1=O. The molecular formula is C20H25N5O2. The summed E-state index contributed by atoms with van der Waals surface area (Å²) in [7, 11) is 0. The Morgan fingerprint density at radius 1 is 1.37 bits per heavy atom. The van der Waals surface area contributed by atoms with Crippen LogP contribution in [0.2, 0.25) is 0 Å². The van der Waals surface area contributed by atoms with Gasteiger partial charge in [-0.05, 0) is 38.3 Å². The van der Waals surface area contributed by atoms with Crippen molar-refractivity contribution in [2.45, 2.75) is 39.5 Å². The number of aryl methyl sites for hydroxylation is 1. The van der Waals surface area contributed by atoms with Crippen LogP contribution in [0.25, 0.3) is 17.1 Å². The van der Waals surface area contributed by atoms with Gasteiger partial charge >= 0.3 is 0 Å². The third-order valence-electron chi connectivity index (χ3n) is 5.10. The molecule has 0 atom stereocenters. The zero-order chi connectivity index (χ0) is 18.8. The van der Waals surface area contributed by atoms with E-state index in [-0.39, 0.29) is 5.91 Å². The van der Waals surface area contributed by atoms with Crippen LogP contribution in [-0.4, -0.2) is 45.0 Å². The Balaban J connectivity index is 1.56. The van der Waals surface area contributed by atoms with Crippen LogP contribution in [0, 0.1) is 6.92 Å². The number of nitrogens with zero attached hydrogens (tertiary/aromatic N) is 4. The van der Waals surface area contributed by atoms with Gasteiger partial charge in [-0.15, -0.1) is 0 Å². The third-order valence-corrected chi connectivity index (χ3v) is 5.10. The highest BCUT2D eigenvalue weighted by molar-refractivity contribution is 5.78. The topological polar surface area (TPSA) is 75.7 Å². The summed E-state index contributed by atoms with van der Waals surface area (Å²) in [6, 6.07) is 5.70. The molecule has 1 aliphatic heterocycles. The van der Waals surface area contributed by atoms with E-state index in [1.54, 1.807) is 6.26 Å². The minimum atomic E-state index is 0.279. The first-order valence-electron chi connectivity index (χ1n) is 9.62. The number of amides is 1. The van der Waals surface area contributed by atoms with Crippen LogP contribution >= 0.6 is 0 Å². The van der Waals surface area contributed by atoms with E-state index >= 15 is 0 Å². The van der Waals surface area contributed by atoms with Gasteiger partial charge < -0.3 is 14.6 Å². The smallest absolute Gasteiger partial charge is 0.222 e. The van der Waals surface area contributed by atoms with Crippen molar-refractivity contribution in [2.75, 3.05) is 25.0 Å². The Kier molecular flexibility index (Phi) is 4.83. The number of fused-ring (bicyclic) bond motifs is 1. The Morgan fingerprint density at radius 2 is 2.26 bits per heavy atom. The summed E-state index contributed by atoms with van der Waals surface area (Å²) in [5.41, 5.74) is 3.74. The molecule has 142 valence electrons. The minimum absolute atomic E-state index is 0.279. The fraction of sp³-hybridized carbons (Fsp3) is 0.450. The van der Waals surface area contributed by atoms with Gasteiger partial charge in [-0.25, -0.2) is 4.98 Å². The number of rotatable bonds is 7. The predicted octanol–water partition coefficient (Wildman–Crippen LogP) is 3.28. The molecule has 1 aliphatic rings. The quantitative estimate of drug-likeness (QED) is 0.649. The maximum absolute atomic E-state index is 11.7. The lowest BCUT2D eigenvalue weighted by atomic mass is 10.1. The van der Waals surface area contributed by atoms with E-state index in [1.807, 2.05) is 34.5 Å². The van der Waals surface area contributed by atoms with E-state index in [4.69, 9.17) is 14.5 Å². The number of hydrogen-bond acceptors (Lipinski definition) is 5. The van der Waals surface area contributed by atoms with Crippen molar-refractivity contribution in [3.8, 4) is 11.5 Å². The van der Waals surface area contributed by atoms with Gasteiger partial charge in [0.15, 0.2) is 11.4 Å². The molecule has 3 aromatic heterocycles. The normalized spacial score (nSPS) is 14.4. The van der Waals surface area contributed by atoms with E-state index < -0.39 is 0 Å². The standard InChI is InChI=1S/C20H25N5O2/c1-3-15-14(2)22-18-13-16(17-7-5-12-27-17)23-25(18)20(15)21-9-6-11-24-10-4-8-19(24)26/h5,7,12-13,21H,3-4,6,8-11H2,1-2H3. The number of hydrogen-bond donors (Lipinski definition) is 1. The summed E-state index contributed by atoms with van der Waals surface area (Å²) in [6.45, 7) is 6.64. The van der Waals surface area contributed by atoms with Gasteiger partial charge in [-0.1, -0.05) is 6.92 Å². The summed E-state index contributed by atoms with van der Waals surface area (Å²) in [6.07, 6.45) is 5.11. The zero-order valence-electron chi connectivity index (χ0n) is 15.9. The van der Waals surface area contributed by atoms with Gasteiger partial charge in [0.2, 0.25) is 5.91 Å². The molecule has 3 aromatic rings. The van der Waals surface area contributed by atoms with Crippen LogP contribution in [0.1, 0.15) is 37.4 Å². The van der Waals surface area contributed by atoms with Crippen LogP contribution in [0.5, 0.6) is 0 Å². The van der Waals surface area contributed by atoms with E-state index in [0.29, 0.717) is 6.42 Å². The van der Waals surface area contributed by atoms with Crippen molar-refractivity contribution >= 4 is 17.4 Å². The average molecular weight is 367 g/mol. The molecule has 1 amide bonds. The molecule has 0 unspecified atom stereocenters. The lowest BCUT2D eigenvalue weighted by Crippen LogP contribution is -2.27. The first kappa shape index (κ1) is 17.6. The molecule has 7 nitrogen and oxygen atoms in total. The molecule has 4 rings (SSSR count). The Morgan fingerprint density at radius 3 is 2.96 bits per heavy atom. The van der Waals surface area contributed by atoms with E-state index in [9.17, 15) is 4.79 Å². The van der Waals surface area contributed by atoms with Gasteiger partial charge in [0.25, 0.3) is 0 Å². The average Bonchev–Trinajstić information content (AvgIpc) is 3.39. The number of nitrogens with one attached hydrogen (secondary N) is 1. The van der Waals surface area contributed by atoms with Crippen LogP contribution in [-0.2, 0) is 11.2 Å². The zero-order valence-corrected chi connectivity index (χ0v) is 15.9. The first-order valence-corrected chi connectivity index (χ1v) is 9.62. The van der Waals surface area contributed by atoms with Crippen LogP contribution in [0.4, 0.5) is 5.82 Å². The maximum atomic E-state index is 11.7. The van der Waals surface area contributed by atoms with Crippen LogP contribution < -0.4 is 5.32 Å². The van der Waals surface area contributed by atoms with Crippen LogP contribution in [0.3, 0.4) is 0 Å². The van der Waals surface area contributed by atoms with E-state index in [1.165, 1.54) is 0 Å². The molecule has 1 saturated heterocycles. The molecule has 4 heterocycles. The summed E-state index contributed by atoms with van der Waals surface area (Å²) in [5, 5.41) is 8.24. The van der Waals surface area contributed by atoms with Crippen molar-refractivity contribution in [3.05, 3.63) is 35.7 Å². The van der Waals surface area contributed by atoms with Gasteiger partial charge in [0.1, 0.15) is 11.5 Å². The Hall–Kier alpha value is -2.83. The molecule has 0 radical (unpaired) electrons. The third kappa shape index (κ3) is 3.41. The van der Waals surface area contributed by atoms with Crippen LogP contribution in [0.15, 0.2) is 28.9 Å². The number of aromatic nitrogens is 3. The fourth-order valence-corrected chi connectivity index (χ4v) is 3.72. The molecular weight excluding hydrogens is 342 g/mol. The highest BCUT2D eigenvalue weighted by atomic mass is 16.3. The van der Waals surface area contributed by atoms with E-state index in [0.717, 1.165) is 73.1 Å². The lowest BCUT2D eigenvalue weighted by Gasteiger charge is -2.17. The molecule has 0 aromatic carbocycles. The monoisotopic (exact) mass is 367 g/mol. The summed E-state index contributed by atoms with van der Waals surface area (Å²) in [4.78, 5) is 18.4. The second-order valence-corrected chi connectivity index (χ2v) is 6.92. The predicted molar refractivity (Wildman–Crippen MR) is 104 cm³/mol. The second kappa shape index (κ2) is 7.42. The van der Waals surface area contributed by atoms with Crippen molar-refractivity contribution in [1.29, 1.82) is 0 Å². The molecule has 0 spiro atoms. The summed E-state index contributed by atoms with van der Waals surface area (Å²) < 4.78 is 7.35. The van der Waals surface area contributed by atoms with Gasteiger partial charge in [-0.2, -0.15) is 9.61 Å². The first-order chi connectivity index (χ1) is 13.2. The Labute approximate surface area is 158 Å². The number of furan rings is 1. The maximum Gasteiger partial charge on any atom is 0.222 e. The highest BCUT2D eigenvalue weighted by Crippen LogP contribution is 2.25. The summed E-state index contributed by atoms with van der Waals surface area (Å²) in [5.74, 6) is 1.99. The molecule has 7 heteroatoms. The molecule has 1 fully saturated rings. The van der Waals surface area contributed by atoms with Crippen molar-refractivity contribution in [1.82, 2.24) is 19.5 Å². The molecule has 0 saturated carbocycles. The molecule has 27 heavy (non-hydrogen) atoms. The van der Waals surface area contributed by atoms with Gasteiger partial charge in [-0.3, -0.25) is 4.79 Å². The Bertz CT molecular complexity index is 945. The number of anilines is 1. The number of carbonyl (C=O) groups excluding carboxylic acids is 1. The fourth-order valence-electron chi connectivity index (χ4n) is 3.72. The lowest BCUT2D eigenvalue weighted by molar-refractivity contribution is -0.127. The summed E-state index contributed by atoms with van der Waals surface area (Å²) >= 11 is 0. The van der Waals surface area contributed by atoms with Crippen molar-refractivity contribution in [3.63, 3.8) is 0 Å².